The first kappa shape index (κ1) is 26.2. The van der Waals surface area contributed by atoms with Gasteiger partial charge >= 0.3 is 0 Å². The molecular weight excluding hydrogens is 859 g/mol. The van der Waals surface area contributed by atoms with Crippen molar-refractivity contribution in [3.8, 4) is 0 Å². The Morgan fingerprint density at radius 3 is 0.704 bits per heavy atom. The van der Waals surface area contributed by atoms with Crippen LogP contribution < -0.4 is 0 Å². The fourth-order valence-electron chi connectivity index (χ4n) is 25.8. The molecule has 2 heteroatoms. The van der Waals surface area contributed by atoms with Crippen molar-refractivity contribution in [2.24, 2.45) is 0 Å². The molecule has 1 aliphatic heterocycles. The van der Waals surface area contributed by atoms with Crippen LogP contribution in [0.25, 0.3) is 291 Å². The van der Waals surface area contributed by atoms with Gasteiger partial charge in [-0.1, -0.05) is 18.2 Å². The molecule has 0 aromatic heterocycles. The fraction of sp³-hybridized carbons (Fsp3) is 0.0580. The van der Waals surface area contributed by atoms with E-state index in [2.05, 4.69) is 36.1 Å². The predicted molar refractivity (Wildman–Crippen MR) is 296 cm³/mol. The zero-order chi connectivity index (χ0) is 42.3. The average Bonchev–Trinajstić information content (AvgIpc) is 4.34. The van der Waals surface area contributed by atoms with Crippen LogP contribution >= 0.6 is 0 Å². The molecule has 34 rings (SSSR count). The number of rotatable bonds is 1. The molecule has 29 aromatic carbocycles. The Morgan fingerprint density at radius 2 is 0.479 bits per heavy atom. The van der Waals surface area contributed by atoms with Crippen LogP contribution in [0.2, 0.25) is 0 Å². The molecule has 4 aliphatic carbocycles. The summed E-state index contributed by atoms with van der Waals surface area (Å²) in [6.45, 7) is 3.00. The fourth-order valence-corrected chi connectivity index (χ4v) is 25.8. The van der Waals surface area contributed by atoms with Gasteiger partial charge in [-0.3, -0.25) is 4.79 Å². The molecule has 0 radical (unpaired) electrons. The van der Waals surface area contributed by atoms with Crippen LogP contribution in [0.15, 0.2) is 24.3 Å². The third-order valence-corrected chi connectivity index (χ3v) is 25.8. The summed E-state index contributed by atoms with van der Waals surface area (Å²) in [5.41, 5.74) is 7.06. The van der Waals surface area contributed by atoms with E-state index in [0.717, 1.165) is 5.56 Å². The quantitative estimate of drug-likeness (QED) is 0.151. The maximum atomic E-state index is 16.5. The van der Waals surface area contributed by atoms with Crippen LogP contribution in [-0.2, 0) is 11.0 Å². The molecule has 0 bridgehead atoms. The summed E-state index contributed by atoms with van der Waals surface area (Å²) in [4.78, 5) is 19.1. The summed E-state index contributed by atoms with van der Waals surface area (Å²) in [5.74, 6) is 0.228. The Balaban J connectivity index is 1.21. The Labute approximate surface area is 386 Å². The summed E-state index contributed by atoms with van der Waals surface area (Å²) in [5, 5.41) is 86.1. The number of likely N-dealkylation sites (N-methyl/N-ethyl adjacent to an activating group) is 1. The van der Waals surface area contributed by atoms with Crippen molar-refractivity contribution >= 4 is 297 Å². The van der Waals surface area contributed by atoms with Crippen LogP contribution in [0.3, 0.4) is 0 Å². The predicted octanol–water partition coefficient (Wildman–Crippen LogP) is 17.8. The monoisotopic (exact) mass is 867 g/mol. The van der Waals surface area contributed by atoms with Crippen molar-refractivity contribution in [2.75, 3.05) is 6.54 Å². The number of benzene rings is 19. The van der Waals surface area contributed by atoms with Gasteiger partial charge < -0.3 is 4.90 Å². The first-order chi connectivity index (χ1) is 35.3. The number of carbonyl (C=O) groups excluding carboxylic acids is 1. The maximum absolute atomic E-state index is 16.5. The Bertz CT molecular complexity index is 7310. The Kier molecular flexibility index (Phi) is 2.17. The van der Waals surface area contributed by atoms with E-state index in [0.29, 0.717) is 6.54 Å². The number of hydrogen-bond donors (Lipinski definition) is 0. The summed E-state index contributed by atoms with van der Waals surface area (Å²) in [6, 6.07) is 9.20. The molecule has 29 aromatic rings. The zero-order valence-corrected chi connectivity index (χ0v) is 36.4. The van der Waals surface area contributed by atoms with Crippen molar-refractivity contribution in [3.63, 3.8) is 0 Å². The normalized spacial score (nSPS) is 22.3. The van der Waals surface area contributed by atoms with Crippen LogP contribution in [0.1, 0.15) is 45.1 Å². The number of carbonyl (C=O) groups is 1. The molecule has 0 unspecified atom stereocenters. The molecule has 71 heavy (non-hydrogen) atoms. The largest absolute Gasteiger partial charge is 0.323 e. The standard InChI is InChI=1S/C69H9NO/c1-2-70-67(71)7-5-3-4-6-8(7)68-63-55-47-37-27-19-11-9-10-13-17-15(11)23-31-25(17)35-29-21(13)22-14(10)18-16-12(9)20(19)28-34-24(16)32-26(18)36-30(22)40-39(29)51-45(35)53-43(31)49(41(47)33(23)27)57(63)59(53)65-61(51)62-52(40)46(36)54-44(32)50-42(34)48(38(28)37)56(55)64(68)58(50)60(54)66(62)69(65,68)70/h3-6H,2H2,1H3. The molecule has 1 heterocycles. The second kappa shape index (κ2) is 5.87. The van der Waals surface area contributed by atoms with Crippen molar-refractivity contribution < 1.29 is 4.79 Å². The number of hydrogen-bond acceptors (Lipinski definition) is 1. The van der Waals surface area contributed by atoms with Crippen LogP contribution in [0.4, 0.5) is 0 Å². The third-order valence-electron chi connectivity index (χ3n) is 25.8. The second-order valence-electron chi connectivity index (χ2n) is 25.8. The number of nitrogens with zero attached hydrogens (tertiary/aromatic N) is 1. The van der Waals surface area contributed by atoms with E-state index in [1.165, 1.54) is 38.2 Å². The van der Waals surface area contributed by atoms with Crippen molar-refractivity contribution in [1.82, 2.24) is 4.90 Å². The van der Waals surface area contributed by atoms with Crippen molar-refractivity contribution in [2.45, 2.75) is 17.9 Å². The summed E-state index contributed by atoms with van der Waals surface area (Å²) < 4.78 is 0. The van der Waals surface area contributed by atoms with Gasteiger partial charge in [-0.15, -0.1) is 0 Å². The smallest absolute Gasteiger partial charge is 0.255 e. The highest BCUT2D eigenvalue weighted by Gasteiger charge is 2.75. The highest BCUT2D eigenvalue weighted by molar-refractivity contribution is 6.82. The number of amides is 1. The van der Waals surface area contributed by atoms with Gasteiger partial charge in [0.1, 0.15) is 5.54 Å². The molecule has 2 spiro atoms. The van der Waals surface area contributed by atoms with Gasteiger partial charge in [0, 0.05) is 23.2 Å². The van der Waals surface area contributed by atoms with Gasteiger partial charge in [-0.25, -0.2) is 0 Å². The van der Waals surface area contributed by atoms with Crippen molar-refractivity contribution in [1.29, 1.82) is 0 Å². The van der Waals surface area contributed by atoms with Gasteiger partial charge in [-0.2, -0.15) is 0 Å². The minimum Gasteiger partial charge on any atom is -0.323 e. The minimum absolute atomic E-state index is 0.228. The molecule has 0 N–H and O–H groups in total. The van der Waals surface area contributed by atoms with Crippen molar-refractivity contribution in [3.05, 3.63) is 57.6 Å². The van der Waals surface area contributed by atoms with Gasteiger partial charge in [0.2, 0.25) is 0 Å². The summed E-state index contributed by atoms with van der Waals surface area (Å²) in [7, 11) is 0. The highest BCUT2D eigenvalue weighted by Crippen LogP contribution is 2.86. The van der Waals surface area contributed by atoms with Crippen LogP contribution in [0.5, 0.6) is 0 Å². The number of fused-ring (bicyclic) bond motifs is 1. The van der Waals surface area contributed by atoms with Gasteiger partial charge in [0.15, 0.2) is 0 Å². The molecule has 296 valence electrons. The first-order valence-electron chi connectivity index (χ1n) is 26.5. The summed E-state index contributed by atoms with van der Waals surface area (Å²) in [6.07, 6.45) is 0. The lowest BCUT2D eigenvalue weighted by Crippen LogP contribution is -2.66. The van der Waals surface area contributed by atoms with E-state index in [9.17, 15) is 0 Å². The lowest BCUT2D eigenvalue weighted by atomic mass is 9.48. The molecule has 0 fully saturated rings. The van der Waals surface area contributed by atoms with E-state index in [1.54, 1.807) is 280 Å². The first-order valence-corrected chi connectivity index (χ1v) is 26.5. The Morgan fingerprint density at radius 1 is 0.282 bits per heavy atom. The van der Waals surface area contributed by atoms with E-state index >= 15 is 4.79 Å². The second-order valence-corrected chi connectivity index (χ2v) is 25.8. The molecule has 0 saturated carbocycles. The van der Waals surface area contributed by atoms with E-state index < -0.39 is 11.0 Å². The SMILES string of the molecule is CCN1C(=O)c2ccccc2C23c4c5c6c7c8c9c(c%10c%11c2c2c4c4c%12c5c5c6c6c8c8c%13c9c9c%10c%10c%11c%11c2c2c4c4c%12c%12c5c5c6c8c6c8c%13c9c9c%10c%10c%11c2c2c4c4c%12c5c6c5c8c9c%10c2c45)C713. The lowest BCUT2D eigenvalue weighted by molar-refractivity contribution is 0.0401. The average molecular weight is 868 g/mol. The maximum Gasteiger partial charge on any atom is 0.255 e. The van der Waals surface area contributed by atoms with E-state index in [-0.39, 0.29) is 5.91 Å². The molecule has 5 aliphatic rings. The topological polar surface area (TPSA) is 20.3 Å². The highest BCUT2D eigenvalue weighted by atomic mass is 16.2. The third kappa shape index (κ3) is 1.36. The zero-order valence-electron chi connectivity index (χ0n) is 36.4. The lowest BCUT2D eigenvalue weighted by Gasteiger charge is -2.61. The Hall–Kier alpha value is -8.85. The van der Waals surface area contributed by atoms with Gasteiger partial charge in [-0.05, 0) is 321 Å². The van der Waals surface area contributed by atoms with E-state index in [1.807, 2.05) is 0 Å². The molecule has 0 atom stereocenters. The van der Waals surface area contributed by atoms with Gasteiger partial charge in [0.05, 0.1) is 5.41 Å². The van der Waals surface area contributed by atoms with Gasteiger partial charge in [0.25, 0.3) is 5.91 Å². The van der Waals surface area contributed by atoms with Crippen LogP contribution in [-0.4, -0.2) is 17.4 Å². The molecule has 0 saturated heterocycles. The minimum atomic E-state index is -0.751. The molecular formula is C69H9NO. The molecule has 1 amide bonds. The van der Waals surface area contributed by atoms with E-state index in [4.69, 9.17) is 0 Å². The van der Waals surface area contributed by atoms with Crippen LogP contribution in [0, 0.1) is 0 Å². The molecule has 2 nitrogen and oxygen atoms in total. The summed E-state index contributed by atoms with van der Waals surface area (Å²) >= 11 is 0.